The number of carbonyl (C=O) groups is 1. The number of esters is 1. The van der Waals surface area contributed by atoms with Crippen LogP contribution in [-0.4, -0.2) is 25.3 Å². The summed E-state index contributed by atoms with van der Waals surface area (Å²) in [7, 11) is 1.29. The van der Waals surface area contributed by atoms with Gasteiger partial charge in [-0.2, -0.15) is 0 Å². The molecular weight excluding hydrogens is 189 g/mol. The van der Waals surface area contributed by atoms with Gasteiger partial charge in [0.05, 0.1) is 19.6 Å². The fourth-order valence-electron chi connectivity index (χ4n) is 1.75. The standard InChI is InChI=1S/C8H12FN3O2/c1-14-7(13)6-2-3-8(9,4-6)5-11-12-10/h6H,2-5H2,1H3/t6-,8-/m1/s1. The third-order valence-electron chi connectivity index (χ3n) is 2.50. The largest absolute Gasteiger partial charge is 0.469 e. The molecular formula is C8H12FN3O2. The van der Waals surface area contributed by atoms with Gasteiger partial charge in [0, 0.05) is 4.91 Å². The molecule has 1 aliphatic rings. The molecule has 6 heteroatoms. The van der Waals surface area contributed by atoms with Gasteiger partial charge in [0.2, 0.25) is 0 Å². The minimum atomic E-state index is -1.52. The van der Waals surface area contributed by atoms with E-state index in [4.69, 9.17) is 5.53 Å². The average molecular weight is 201 g/mol. The second-order valence-electron chi connectivity index (χ2n) is 3.50. The van der Waals surface area contributed by atoms with Crippen molar-refractivity contribution >= 4 is 5.97 Å². The average Bonchev–Trinajstić information content (AvgIpc) is 2.57. The van der Waals surface area contributed by atoms with Gasteiger partial charge in [-0.05, 0) is 24.8 Å². The minimum Gasteiger partial charge on any atom is -0.469 e. The number of hydrogen-bond donors (Lipinski definition) is 0. The summed E-state index contributed by atoms with van der Waals surface area (Å²) in [5.41, 5.74) is 6.54. The molecule has 14 heavy (non-hydrogen) atoms. The molecule has 1 rings (SSSR count). The number of halogens is 1. The lowest BCUT2D eigenvalue weighted by molar-refractivity contribution is -0.145. The predicted octanol–water partition coefficient (Wildman–Crippen LogP) is 1.98. The fourth-order valence-corrected chi connectivity index (χ4v) is 1.75. The van der Waals surface area contributed by atoms with Gasteiger partial charge in [-0.1, -0.05) is 5.11 Å². The van der Waals surface area contributed by atoms with Crippen molar-refractivity contribution < 1.29 is 13.9 Å². The highest BCUT2D eigenvalue weighted by Gasteiger charge is 2.42. The predicted molar refractivity (Wildman–Crippen MR) is 47.2 cm³/mol. The van der Waals surface area contributed by atoms with Gasteiger partial charge in [0.15, 0.2) is 0 Å². The molecule has 0 bridgehead atoms. The molecule has 1 saturated carbocycles. The minimum absolute atomic E-state index is 0.0959. The molecule has 1 aliphatic carbocycles. The first-order valence-electron chi connectivity index (χ1n) is 4.39. The number of nitrogens with zero attached hydrogens (tertiary/aromatic N) is 3. The quantitative estimate of drug-likeness (QED) is 0.303. The third-order valence-corrected chi connectivity index (χ3v) is 2.50. The number of ether oxygens (including phenoxy) is 1. The van der Waals surface area contributed by atoms with E-state index in [1.54, 1.807) is 0 Å². The smallest absolute Gasteiger partial charge is 0.308 e. The van der Waals surface area contributed by atoms with Crippen molar-refractivity contribution in [2.75, 3.05) is 13.7 Å². The van der Waals surface area contributed by atoms with E-state index in [1.165, 1.54) is 7.11 Å². The van der Waals surface area contributed by atoms with E-state index in [1.807, 2.05) is 0 Å². The lowest BCUT2D eigenvalue weighted by atomic mass is 10.0. The van der Waals surface area contributed by atoms with E-state index in [0.717, 1.165) is 0 Å². The Labute approximate surface area is 80.9 Å². The SMILES string of the molecule is COC(=O)[C@@H]1CC[C@](F)(CN=[N+]=[N-])C1. The maximum Gasteiger partial charge on any atom is 0.308 e. The van der Waals surface area contributed by atoms with Gasteiger partial charge < -0.3 is 4.74 Å². The van der Waals surface area contributed by atoms with Gasteiger partial charge in [-0.3, -0.25) is 4.79 Å². The van der Waals surface area contributed by atoms with Crippen LogP contribution in [0.25, 0.3) is 10.4 Å². The van der Waals surface area contributed by atoms with Crippen molar-refractivity contribution in [3.8, 4) is 0 Å². The topological polar surface area (TPSA) is 75.1 Å². The molecule has 78 valence electrons. The van der Waals surface area contributed by atoms with E-state index in [2.05, 4.69) is 14.8 Å². The van der Waals surface area contributed by atoms with Crippen molar-refractivity contribution in [1.82, 2.24) is 0 Å². The Hall–Kier alpha value is -1.29. The van der Waals surface area contributed by atoms with Gasteiger partial charge in [0.25, 0.3) is 0 Å². The summed E-state index contributed by atoms with van der Waals surface area (Å²) < 4.78 is 18.3. The summed E-state index contributed by atoms with van der Waals surface area (Å²) >= 11 is 0. The molecule has 0 N–H and O–H groups in total. The van der Waals surface area contributed by atoms with Crippen molar-refractivity contribution in [2.24, 2.45) is 11.0 Å². The highest BCUT2D eigenvalue weighted by atomic mass is 19.1. The summed E-state index contributed by atoms with van der Waals surface area (Å²) in [5, 5.41) is 3.20. The van der Waals surface area contributed by atoms with Crippen LogP contribution in [0.2, 0.25) is 0 Å². The number of alkyl halides is 1. The summed E-state index contributed by atoms with van der Waals surface area (Å²) in [6.07, 6.45) is 0.814. The summed E-state index contributed by atoms with van der Waals surface area (Å²) in [6, 6.07) is 0. The lowest BCUT2D eigenvalue weighted by Gasteiger charge is -2.15. The van der Waals surface area contributed by atoms with Gasteiger partial charge in [-0.15, -0.1) is 0 Å². The third kappa shape index (κ3) is 2.35. The van der Waals surface area contributed by atoms with Crippen LogP contribution in [-0.2, 0) is 9.53 Å². The Kier molecular flexibility index (Phi) is 3.30. The van der Waals surface area contributed by atoms with Crippen LogP contribution in [0.3, 0.4) is 0 Å². The van der Waals surface area contributed by atoms with Crippen LogP contribution in [0.1, 0.15) is 19.3 Å². The van der Waals surface area contributed by atoms with Gasteiger partial charge >= 0.3 is 5.97 Å². The Balaban J connectivity index is 2.54. The van der Waals surface area contributed by atoms with Crippen LogP contribution < -0.4 is 0 Å². The number of carbonyl (C=O) groups excluding carboxylic acids is 1. The van der Waals surface area contributed by atoms with Crippen molar-refractivity contribution in [2.45, 2.75) is 24.9 Å². The van der Waals surface area contributed by atoms with E-state index in [0.29, 0.717) is 6.42 Å². The van der Waals surface area contributed by atoms with E-state index >= 15 is 0 Å². The fraction of sp³-hybridized carbons (Fsp3) is 0.875. The summed E-state index contributed by atoms with van der Waals surface area (Å²) in [6.45, 7) is -0.197. The number of hydrogen-bond acceptors (Lipinski definition) is 3. The molecule has 0 radical (unpaired) electrons. The van der Waals surface area contributed by atoms with E-state index < -0.39 is 5.67 Å². The maximum absolute atomic E-state index is 13.8. The molecule has 0 heterocycles. The van der Waals surface area contributed by atoms with Crippen molar-refractivity contribution in [3.05, 3.63) is 10.4 Å². The van der Waals surface area contributed by atoms with Crippen LogP contribution in [0, 0.1) is 5.92 Å². The number of methoxy groups -OCH3 is 1. The molecule has 0 saturated heterocycles. The van der Waals surface area contributed by atoms with Crippen LogP contribution >= 0.6 is 0 Å². The van der Waals surface area contributed by atoms with Gasteiger partial charge in [-0.25, -0.2) is 4.39 Å². The lowest BCUT2D eigenvalue weighted by Crippen LogP contribution is -2.24. The van der Waals surface area contributed by atoms with Crippen LogP contribution in [0.5, 0.6) is 0 Å². The molecule has 2 atom stereocenters. The molecule has 5 nitrogen and oxygen atoms in total. The molecule has 0 amide bonds. The highest BCUT2D eigenvalue weighted by Crippen LogP contribution is 2.38. The van der Waals surface area contributed by atoms with E-state index in [-0.39, 0.29) is 31.3 Å². The second-order valence-corrected chi connectivity index (χ2v) is 3.50. The Morgan fingerprint density at radius 1 is 1.86 bits per heavy atom. The second kappa shape index (κ2) is 4.28. The first kappa shape index (κ1) is 10.8. The van der Waals surface area contributed by atoms with Crippen LogP contribution in [0.4, 0.5) is 4.39 Å². The first-order chi connectivity index (χ1) is 6.61. The summed E-state index contributed by atoms with van der Waals surface area (Å²) in [5.74, 6) is -0.774. The Morgan fingerprint density at radius 3 is 3.14 bits per heavy atom. The van der Waals surface area contributed by atoms with Gasteiger partial charge in [0.1, 0.15) is 5.67 Å². The molecule has 1 fully saturated rings. The zero-order chi connectivity index (χ0) is 10.6. The highest BCUT2D eigenvalue weighted by molar-refractivity contribution is 5.72. The van der Waals surface area contributed by atoms with Crippen molar-refractivity contribution in [1.29, 1.82) is 0 Å². The number of rotatable bonds is 3. The first-order valence-corrected chi connectivity index (χ1v) is 4.39. The number of azide groups is 1. The van der Waals surface area contributed by atoms with Crippen molar-refractivity contribution in [3.63, 3.8) is 0 Å². The molecule has 0 aromatic rings. The summed E-state index contributed by atoms with van der Waals surface area (Å²) in [4.78, 5) is 13.6. The van der Waals surface area contributed by atoms with Crippen LogP contribution in [0.15, 0.2) is 5.11 Å². The maximum atomic E-state index is 13.8. The van der Waals surface area contributed by atoms with E-state index in [9.17, 15) is 9.18 Å². The monoisotopic (exact) mass is 201 g/mol. The molecule has 0 spiro atoms. The molecule has 0 unspecified atom stereocenters. The zero-order valence-corrected chi connectivity index (χ0v) is 7.94. The zero-order valence-electron chi connectivity index (χ0n) is 7.94. The Morgan fingerprint density at radius 2 is 2.57 bits per heavy atom. The Bertz CT molecular complexity index is 278. The molecule has 0 aromatic carbocycles. The molecule has 0 aliphatic heterocycles. The normalized spacial score (nSPS) is 30.9. The molecule has 0 aromatic heterocycles.